The lowest BCUT2D eigenvalue weighted by Gasteiger charge is -2.23. The fourth-order valence-electron chi connectivity index (χ4n) is 2.55. The van der Waals surface area contributed by atoms with Gasteiger partial charge in [0.1, 0.15) is 5.76 Å². The number of aliphatic hydroxyl groups excluding tert-OH is 1. The molecule has 2 unspecified atom stereocenters. The molecule has 2 rings (SSSR count). The Morgan fingerprint density at radius 2 is 1.95 bits per heavy atom. The van der Waals surface area contributed by atoms with Gasteiger partial charge in [-0.15, -0.1) is 0 Å². The number of hydrogen-bond donors (Lipinski definition) is 2. The third-order valence-corrected chi connectivity index (χ3v) is 3.64. The predicted molar refractivity (Wildman–Crippen MR) is 76.0 cm³/mol. The molecular weight excluding hydrogens is 238 g/mol. The highest BCUT2D eigenvalue weighted by Crippen LogP contribution is 2.34. The summed E-state index contributed by atoms with van der Waals surface area (Å²) in [5.74, 6) is 0.726. The Hall–Kier alpha value is -1.58. The Morgan fingerprint density at radius 3 is 2.58 bits per heavy atom. The van der Waals surface area contributed by atoms with Crippen LogP contribution in [0.5, 0.6) is 0 Å². The molecule has 19 heavy (non-hydrogen) atoms. The van der Waals surface area contributed by atoms with Gasteiger partial charge in [-0.3, -0.25) is 0 Å². The maximum Gasteiger partial charge on any atom is 0.109 e. The molecule has 0 aliphatic heterocycles. The fraction of sp³-hybridized carbons (Fsp3) is 0.375. The van der Waals surface area contributed by atoms with Gasteiger partial charge in [0.05, 0.1) is 12.4 Å². The number of nitrogens with two attached hydrogens (primary N) is 1. The van der Waals surface area contributed by atoms with E-state index in [2.05, 4.69) is 0 Å². The smallest absolute Gasteiger partial charge is 0.109 e. The summed E-state index contributed by atoms with van der Waals surface area (Å²) in [6, 6.07) is 9.88. The second-order valence-corrected chi connectivity index (χ2v) is 4.80. The standard InChI is InChI=1S/C16H21NO2/c1-3-15-13(8-9-19-15)16(18)14(10-17)12-7-5-4-6-11(12)2/h4-9,14,16,18H,3,10,17H2,1-2H3. The highest BCUT2D eigenvalue weighted by molar-refractivity contribution is 5.33. The number of aliphatic hydroxyl groups is 1. The first-order chi connectivity index (χ1) is 9.19. The molecule has 102 valence electrons. The molecule has 0 fully saturated rings. The summed E-state index contributed by atoms with van der Waals surface area (Å²) < 4.78 is 5.39. The molecule has 0 saturated heterocycles. The number of benzene rings is 1. The molecular formula is C16H21NO2. The summed E-state index contributed by atoms with van der Waals surface area (Å²) >= 11 is 0. The molecule has 0 amide bonds. The van der Waals surface area contributed by atoms with Crippen LogP contribution in [0.2, 0.25) is 0 Å². The first-order valence-electron chi connectivity index (χ1n) is 6.69. The first-order valence-corrected chi connectivity index (χ1v) is 6.69. The summed E-state index contributed by atoms with van der Waals surface area (Å²) in [6.45, 7) is 4.46. The summed E-state index contributed by atoms with van der Waals surface area (Å²) in [4.78, 5) is 0. The number of hydrogen-bond acceptors (Lipinski definition) is 3. The van der Waals surface area contributed by atoms with Crippen LogP contribution in [-0.2, 0) is 6.42 Å². The average molecular weight is 259 g/mol. The van der Waals surface area contributed by atoms with Crippen LogP contribution in [0.25, 0.3) is 0 Å². The largest absolute Gasteiger partial charge is 0.469 e. The number of aryl methyl sites for hydroxylation is 2. The Bertz CT molecular complexity index is 533. The lowest BCUT2D eigenvalue weighted by atomic mass is 9.86. The van der Waals surface area contributed by atoms with E-state index in [1.165, 1.54) is 0 Å². The monoisotopic (exact) mass is 259 g/mol. The molecule has 1 aromatic heterocycles. The summed E-state index contributed by atoms with van der Waals surface area (Å²) in [7, 11) is 0. The number of rotatable bonds is 5. The fourth-order valence-corrected chi connectivity index (χ4v) is 2.55. The zero-order chi connectivity index (χ0) is 13.8. The van der Waals surface area contributed by atoms with Gasteiger partial charge in [0.2, 0.25) is 0 Å². The third-order valence-electron chi connectivity index (χ3n) is 3.64. The van der Waals surface area contributed by atoms with Crippen molar-refractivity contribution in [2.24, 2.45) is 5.73 Å². The van der Waals surface area contributed by atoms with Crippen LogP contribution in [0.3, 0.4) is 0 Å². The quantitative estimate of drug-likeness (QED) is 0.868. The summed E-state index contributed by atoms with van der Waals surface area (Å²) in [6.07, 6.45) is 1.77. The average Bonchev–Trinajstić information content (AvgIpc) is 2.89. The van der Waals surface area contributed by atoms with Crippen LogP contribution in [0, 0.1) is 6.92 Å². The molecule has 0 bridgehead atoms. The van der Waals surface area contributed by atoms with Gasteiger partial charge in [0.25, 0.3) is 0 Å². The molecule has 3 nitrogen and oxygen atoms in total. The van der Waals surface area contributed by atoms with Gasteiger partial charge in [0.15, 0.2) is 0 Å². The van der Waals surface area contributed by atoms with Gasteiger partial charge in [-0.2, -0.15) is 0 Å². The van der Waals surface area contributed by atoms with Crippen molar-refractivity contribution in [1.82, 2.24) is 0 Å². The topological polar surface area (TPSA) is 59.4 Å². The van der Waals surface area contributed by atoms with E-state index in [0.29, 0.717) is 6.54 Å². The second kappa shape index (κ2) is 6.04. The first kappa shape index (κ1) is 13.8. The van der Waals surface area contributed by atoms with E-state index in [1.807, 2.05) is 44.2 Å². The highest BCUT2D eigenvalue weighted by atomic mass is 16.3. The molecule has 0 saturated carbocycles. The third kappa shape index (κ3) is 2.72. The zero-order valence-corrected chi connectivity index (χ0v) is 11.5. The number of furan rings is 1. The Kier molecular flexibility index (Phi) is 4.40. The van der Waals surface area contributed by atoms with Crippen molar-refractivity contribution in [3.8, 4) is 0 Å². The Labute approximate surface area is 114 Å². The van der Waals surface area contributed by atoms with Crippen LogP contribution in [0.4, 0.5) is 0 Å². The Morgan fingerprint density at radius 1 is 1.21 bits per heavy atom. The van der Waals surface area contributed by atoms with Crippen molar-refractivity contribution in [2.75, 3.05) is 6.54 Å². The maximum atomic E-state index is 10.6. The van der Waals surface area contributed by atoms with E-state index in [0.717, 1.165) is 28.9 Å². The van der Waals surface area contributed by atoms with Crippen molar-refractivity contribution in [3.63, 3.8) is 0 Å². The molecule has 0 aliphatic rings. The van der Waals surface area contributed by atoms with Crippen LogP contribution >= 0.6 is 0 Å². The minimum Gasteiger partial charge on any atom is -0.469 e. The van der Waals surface area contributed by atoms with Crippen molar-refractivity contribution in [2.45, 2.75) is 32.3 Å². The van der Waals surface area contributed by atoms with Crippen molar-refractivity contribution in [1.29, 1.82) is 0 Å². The van der Waals surface area contributed by atoms with E-state index >= 15 is 0 Å². The summed E-state index contributed by atoms with van der Waals surface area (Å²) in [5, 5.41) is 10.6. The minimum absolute atomic E-state index is 0.107. The molecule has 2 atom stereocenters. The maximum absolute atomic E-state index is 10.6. The van der Waals surface area contributed by atoms with Crippen molar-refractivity contribution < 1.29 is 9.52 Å². The van der Waals surface area contributed by atoms with Crippen LogP contribution in [0.1, 0.15) is 41.4 Å². The van der Waals surface area contributed by atoms with Crippen LogP contribution in [0.15, 0.2) is 41.0 Å². The molecule has 1 aromatic carbocycles. The van der Waals surface area contributed by atoms with E-state index in [4.69, 9.17) is 10.2 Å². The molecule has 0 spiro atoms. The van der Waals surface area contributed by atoms with Gasteiger partial charge >= 0.3 is 0 Å². The molecule has 1 heterocycles. The lowest BCUT2D eigenvalue weighted by Crippen LogP contribution is -2.21. The molecule has 3 N–H and O–H groups in total. The summed E-state index contributed by atoms with van der Waals surface area (Å²) in [5.41, 5.74) is 8.98. The van der Waals surface area contributed by atoms with Gasteiger partial charge in [-0.25, -0.2) is 0 Å². The molecule has 0 radical (unpaired) electrons. The normalized spacial score (nSPS) is 14.3. The van der Waals surface area contributed by atoms with E-state index in [9.17, 15) is 5.11 Å². The molecule has 0 aliphatic carbocycles. The van der Waals surface area contributed by atoms with Crippen LogP contribution < -0.4 is 5.73 Å². The lowest BCUT2D eigenvalue weighted by molar-refractivity contribution is 0.145. The van der Waals surface area contributed by atoms with Crippen LogP contribution in [-0.4, -0.2) is 11.7 Å². The minimum atomic E-state index is -0.625. The van der Waals surface area contributed by atoms with Gasteiger partial charge in [-0.1, -0.05) is 31.2 Å². The second-order valence-electron chi connectivity index (χ2n) is 4.80. The molecule has 3 heteroatoms. The highest BCUT2D eigenvalue weighted by Gasteiger charge is 2.25. The molecule has 2 aromatic rings. The van der Waals surface area contributed by atoms with E-state index in [-0.39, 0.29) is 5.92 Å². The van der Waals surface area contributed by atoms with Gasteiger partial charge in [-0.05, 0) is 24.1 Å². The van der Waals surface area contributed by atoms with E-state index < -0.39 is 6.10 Å². The van der Waals surface area contributed by atoms with Crippen molar-refractivity contribution in [3.05, 3.63) is 59.0 Å². The van der Waals surface area contributed by atoms with Crippen molar-refractivity contribution >= 4 is 0 Å². The van der Waals surface area contributed by atoms with Gasteiger partial charge < -0.3 is 15.3 Å². The zero-order valence-electron chi connectivity index (χ0n) is 11.5. The van der Waals surface area contributed by atoms with E-state index in [1.54, 1.807) is 6.26 Å². The SMILES string of the molecule is CCc1occc1C(O)C(CN)c1ccccc1C. The predicted octanol–water partition coefficient (Wildman–Crippen LogP) is 2.93. The Balaban J connectivity index is 2.35. The van der Waals surface area contributed by atoms with Gasteiger partial charge in [0, 0.05) is 24.4 Å².